The highest BCUT2D eigenvalue weighted by Gasteiger charge is 2.85. The highest BCUT2D eigenvalue weighted by molar-refractivity contribution is 6.07. The van der Waals surface area contributed by atoms with E-state index < -0.39 is 63.9 Å². The Morgan fingerprint density at radius 1 is 1.31 bits per heavy atom. The molecule has 0 radical (unpaired) electrons. The van der Waals surface area contributed by atoms with Gasteiger partial charge >= 0.3 is 5.97 Å². The average Bonchev–Trinajstić information content (AvgIpc) is 2.74. The molecule has 2 aliphatic heterocycles. The van der Waals surface area contributed by atoms with Crippen molar-refractivity contribution in [2.75, 3.05) is 6.61 Å². The Labute approximate surface area is 169 Å². The second-order valence-corrected chi connectivity index (χ2v) is 10.1. The first-order valence-corrected chi connectivity index (χ1v) is 10.3. The van der Waals surface area contributed by atoms with Crippen LogP contribution in [0.3, 0.4) is 0 Å². The van der Waals surface area contributed by atoms with Crippen LogP contribution in [0.25, 0.3) is 0 Å². The lowest BCUT2D eigenvalue weighted by atomic mass is 9.38. The van der Waals surface area contributed by atoms with Crippen molar-refractivity contribution < 1.29 is 34.4 Å². The Balaban J connectivity index is 1.82. The van der Waals surface area contributed by atoms with Gasteiger partial charge in [-0.2, -0.15) is 0 Å². The maximum atomic E-state index is 13.5. The van der Waals surface area contributed by atoms with E-state index in [1.165, 1.54) is 6.92 Å². The van der Waals surface area contributed by atoms with E-state index in [9.17, 15) is 24.9 Å². The van der Waals surface area contributed by atoms with E-state index in [1.54, 1.807) is 0 Å². The fourth-order valence-corrected chi connectivity index (χ4v) is 7.51. The smallest absolute Gasteiger partial charge is 0.302 e. The molecule has 2 spiro atoms. The quantitative estimate of drug-likeness (QED) is 0.338. The minimum atomic E-state index is -2.25. The minimum Gasteiger partial charge on any atom is -0.462 e. The van der Waals surface area contributed by atoms with Gasteiger partial charge in [-0.3, -0.25) is 9.59 Å². The number of fused-ring (bicyclic) bond motifs is 2. The van der Waals surface area contributed by atoms with Crippen LogP contribution in [0.1, 0.15) is 40.0 Å². The molecule has 8 unspecified atom stereocenters. The molecule has 0 aromatic rings. The number of aliphatic hydroxyl groups is 3. The maximum absolute atomic E-state index is 13.5. The summed E-state index contributed by atoms with van der Waals surface area (Å²) in [7, 11) is 0. The van der Waals surface area contributed by atoms with Crippen molar-refractivity contribution >= 4 is 11.8 Å². The zero-order chi connectivity index (χ0) is 21.1. The number of Topliss-reactive ketones (excluding diaryl/α,β-unsaturated/α-hetero) is 1. The molecule has 158 valence electrons. The molecule has 7 nitrogen and oxygen atoms in total. The second-order valence-electron chi connectivity index (χ2n) is 10.1. The number of carbonyl (C=O) groups excluding carboxylic acids is 2. The summed E-state index contributed by atoms with van der Waals surface area (Å²) in [5, 5.41) is 34.4. The zero-order valence-electron chi connectivity index (χ0n) is 17.0. The lowest BCUT2D eigenvalue weighted by molar-refractivity contribution is -0.411. The standard InChI is InChI=1S/C22H28O7/c1-10-12-5-6-13-20-9-28-22(27,21(13,16(10)24)17(12)25)18(26)15(20)19(3,4)8-7-14(20)29-11(2)23/h6,12,14-15,17-18,25-27H,1,5,7-9H2,2-4H3. The number of carbonyl (C=O) groups is 2. The molecule has 7 heteroatoms. The molecule has 8 atom stereocenters. The predicted octanol–water partition coefficient (Wildman–Crippen LogP) is 0.866. The van der Waals surface area contributed by atoms with E-state index in [-0.39, 0.29) is 12.2 Å². The number of hydrogen-bond donors (Lipinski definition) is 3. The molecule has 0 aromatic heterocycles. The van der Waals surface area contributed by atoms with Crippen LogP contribution in [0, 0.1) is 28.1 Å². The van der Waals surface area contributed by atoms with Gasteiger partial charge in [-0.05, 0) is 35.8 Å². The van der Waals surface area contributed by atoms with Gasteiger partial charge in [0.05, 0.1) is 18.1 Å². The molecule has 4 aliphatic carbocycles. The third kappa shape index (κ3) is 1.81. The van der Waals surface area contributed by atoms with Gasteiger partial charge in [-0.25, -0.2) is 0 Å². The molecular weight excluding hydrogens is 376 g/mol. The highest BCUT2D eigenvalue weighted by atomic mass is 16.6. The third-order valence-corrected chi connectivity index (χ3v) is 8.57. The number of rotatable bonds is 1. The average molecular weight is 404 g/mol. The third-order valence-electron chi connectivity index (χ3n) is 8.57. The van der Waals surface area contributed by atoms with Gasteiger partial charge in [0.1, 0.15) is 17.6 Å². The van der Waals surface area contributed by atoms with Gasteiger partial charge in [0.25, 0.3) is 0 Å². The highest BCUT2D eigenvalue weighted by Crippen LogP contribution is 2.75. The van der Waals surface area contributed by atoms with Crippen LogP contribution in [0.5, 0.6) is 0 Å². The first-order valence-electron chi connectivity index (χ1n) is 10.3. The second kappa shape index (κ2) is 5.38. The van der Waals surface area contributed by atoms with Crippen LogP contribution >= 0.6 is 0 Å². The topological polar surface area (TPSA) is 113 Å². The number of ether oxygens (including phenoxy) is 2. The van der Waals surface area contributed by atoms with Crippen LogP contribution in [0.4, 0.5) is 0 Å². The van der Waals surface area contributed by atoms with Gasteiger partial charge in [0.2, 0.25) is 5.79 Å². The molecule has 29 heavy (non-hydrogen) atoms. The molecule has 3 saturated carbocycles. The number of allylic oxidation sites excluding steroid dienone is 1. The van der Waals surface area contributed by atoms with Crippen molar-refractivity contribution in [3.63, 3.8) is 0 Å². The van der Waals surface area contributed by atoms with E-state index in [0.29, 0.717) is 24.8 Å². The summed E-state index contributed by atoms with van der Waals surface area (Å²) in [5.41, 5.74) is -2.42. The normalized spacial score (nSPS) is 51.9. The molecular formula is C22H28O7. The van der Waals surface area contributed by atoms with Crippen LogP contribution in [-0.2, 0) is 19.1 Å². The largest absolute Gasteiger partial charge is 0.462 e. The fraction of sp³-hybridized carbons (Fsp3) is 0.727. The van der Waals surface area contributed by atoms with E-state index >= 15 is 0 Å². The Bertz CT molecular complexity index is 874. The first-order chi connectivity index (χ1) is 13.5. The Morgan fingerprint density at radius 2 is 2.00 bits per heavy atom. The van der Waals surface area contributed by atoms with Crippen molar-refractivity contribution in [3.8, 4) is 0 Å². The van der Waals surface area contributed by atoms with Gasteiger partial charge in [0, 0.05) is 18.8 Å². The first kappa shape index (κ1) is 19.4. The van der Waals surface area contributed by atoms with E-state index in [2.05, 4.69) is 6.58 Å². The van der Waals surface area contributed by atoms with Crippen LogP contribution in [0.2, 0.25) is 0 Å². The number of hydrogen-bond acceptors (Lipinski definition) is 7. The van der Waals surface area contributed by atoms with Gasteiger partial charge in [-0.1, -0.05) is 26.5 Å². The van der Waals surface area contributed by atoms with Crippen molar-refractivity contribution in [2.45, 2.75) is 64.1 Å². The number of esters is 1. The SMILES string of the molecule is C=C1C(=O)C23C(=CCC1C2O)C12COC3(O)C(O)C1C(C)(C)CCC2OC(C)=O. The molecule has 0 amide bonds. The van der Waals surface area contributed by atoms with Crippen LogP contribution in [-0.4, -0.2) is 57.8 Å². The molecule has 6 aliphatic rings. The molecule has 6 rings (SSSR count). The molecule has 5 fully saturated rings. The fourth-order valence-electron chi connectivity index (χ4n) is 7.51. The van der Waals surface area contributed by atoms with E-state index in [0.717, 1.165) is 0 Å². The van der Waals surface area contributed by atoms with Crippen molar-refractivity contribution in [2.24, 2.45) is 28.1 Å². The minimum absolute atomic E-state index is 0.0112. The summed E-state index contributed by atoms with van der Waals surface area (Å²) < 4.78 is 11.6. The number of ketones is 1. The van der Waals surface area contributed by atoms with Gasteiger partial charge in [-0.15, -0.1) is 0 Å². The summed E-state index contributed by atoms with van der Waals surface area (Å²) >= 11 is 0. The summed E-state index contributed by atoms with van der Waals surface area (Å²) in [6.07, 6.45) is 0.240. The Morgan fingerprint density at radius 3 is 2.66 bits per heavy atom. The monoisotopic (exact) mass is 404 g/mol. The molecule has 3 N–H and O–H groups in total. The molecule has 2 saturated heterocycles. The lowest BCUT2D eigenvalue weighted by Gasteiger charge is -2.72. The summed E-state index contributed by atoms with van der Waals surface area (Å²) in [5.74, 6) is -4.22. The van der Waals surface area contributed by atoms with E-state index in [1.807, 2.05) is 19.9 Å². The lowest BCUT2D eigenvalue weighted by Crippen LogP contribution is -2.83. The van der Waals surface area contributed by atoms with Gasteiger partial charge < -0.3 is 24.8 Å². The van der Waals surface area contributed by atoms with E-state index in [4.69, 9.17) is 9.47 Å². The van der Waals surface area contributed by atoms with Gasteiger partial charge in [0.15, 0.2) is 5.78 Å². The van der Waals surface area contributed by atoms with Crippen molar-refractivity contribution in [3.05, 3.63) is 23.8 Å². The summed E-state index contributed by atoms with van der Waals surface area (Å²) in [6, 6.07) is 0. The van der Waals surface area contributed by atoms with Crippen LogP contribution < -0.4 is 0 Å². The summed E-state index contributed by atoms with van der Waals surface area (Å²) in [6.45, 7) is 9.25. The molecule has 2 heterocycles. The maximum Gasteiger partial charge on any atom is 0.302 e. The summed E-state index contributed by atoms with van der Waals surface area (Å²) in [4.78, 5) is 25.4. The number of aliphatic hydroxyl groups excluding tert-OH is 2. The zero-order valence-corrected chi connectivity index (χ0v) is 17.0. The van der Waals surface area contributed by atoms with Crippen molar-refractivity contribution in [1.29, 1.82) is 0 Å². The molecule has 0 aromatic carbocycles. The van der Waals surface area contributed by atoms with Crippen molar-refractivity contribution in [1.82, 2.24) is 0 Å². The van der Waals surface area contributed by atoms with Crippen LogP contribution in [0.15, 0.2) is 23.8 Å². The predicted molar refractivity (Wildman–Crippen MR) is 100 cm³/mol. The molecule has 4 bridgehead atoms. The Hall–Kier alpha value is -1.54. The Kier molecular flexibility index (Phi) is 3.60.